The summed E-state index contributed by atoms with van der Waals surface area (Å²) in [6.45, 7) is 0. The summed E-state index contributed by atoms with van der Waals surface area (Å²) >= 11 is 6.14. The molecule has 6 heteroatoms. The van der Waals surface area contributed by atoms with E-state index in [2.05, 4.69) is 10.5 Å². The molecule has 23 heavy (non-hydrogen) atoms. The number of amides is 1. The Balaban J connectivity index is 1.91. The molecule has 0 spiro atoms. The van der Waals surface area contributed by atoms with E-state index in [9.17, 15) is 4.79 Å². The van der Waals surface area contributed by atoms with Crippen LogP contribution in [0.1, 0.15) is 15.9 Å². The van der Waals surface area contributed by atoms with Crippen LogP contribution < -0.4 is 5.32 Å². The number of nitrogens with one attached hydrogen (secondary N) is 1. The number of nitriles is 1. The van der Waals surface area contributed by atoms with Gasteiger partial charge in [0, 0.05) is 11.3 Å². The van der Waals surface area contributed by atoms with E-state index in [1.807, 2.05) is 6.07 Å². The van der Waals surface area contributed by atoms with Crippen LogP contribution in [-0.4, -0.2) is 11.1 Å². The van der Waals surface area contributed by atoms with Gasteiger partial charge in [-0.1, -0.05) is 35.0 Å². The van der Waals surface area contributed by atoms with Crippen molar-refractivity contribution in [2.24, 2.45) is 0 Å². The third-order valence-corrected chi connectivity index (χ3v) is 3.51. The number of aromatic nitrogens is 1. The van der Waals surface area contributed by atoms with Crippen molar-refractivity contribution in [1.29, 1.82) is 5.26 Å². The summed E-state index contributed by atoms with van der Waals surface area (Å²) < 4.78 is 5.19. The molecule has 112 valence electrons. The van der Waals surface area contributed by atoms with E-state index < -0.39 is 5.91 Å². The summed E-state index contributed by atoms with van der Waals surface area (Å²) in [5, 5.41) is 15.8. The van der Waals surface area contributed by atoms with Crippen LogP contribution in [0.5, 0.6) is 0 Å². The number of hydrogen-bond donors (Lipinski definition) is 1. The monoisotopic (exact) mass is 323 g/mol. The number of carbonyl (C=O) groups excluding carboxylic acids is 1. The lowest BCUT2D eigenvalue weighted by molar-refractivity contribution is 0.102. The summed E-state index contributed by atoms with van der Waals surface area (Å²) in [7, 11) is 0. The van der Waals surface area contributed by atoms with E-state index in [4.69, 9.17) is 21.4 Å². The zero-order valence-corrected chi connectivity index (χ0v) is 12.5. The van der Waals surface area contributed by atoms with Gasteiger partial charge in [-0.05, 0) is 30.3 Å². The normalized spacial score (nSPS) is 10.1. The van der Waals surface area contributed by atoms with E-state index in [1.165, 1.54) is 6.20 Å². The lowest BCUT2D eigenvalue weighted by Crippen LogP contribution is -2.12. The molecule has 0 bridgehead atoms. The topological polar surface area (TPSA) is 78.9 Å². The zero-order chi connectivity index (χ0) is 16.2. The van der Waals surface area contributed by atoms with Crippen LogP contribution in [0.15, 0.2) is 59.3 Å². The van der Waals surface area contributed by atoms with Gasteiger partial charge in [0.15, 0.2) is 5.76 Å². The molecule has 0 atom stereocenters. The van der Waals surface area contributed by atoms with Crippen molar-refractivity contribution in [1.82, 2.24) is 5.16 Å². The Bertz CT molecular complexity index is 912. The fourth-order valence-electron chi connectivity index (χ4n) is 2.11. The van der Waals surface area contributed by atoms with Crippen molar-refractivity contribution in [3.63, 3.8) is 0 Å². The molecule has 0 aliphatic rings. The van der Waals surface area contributed by atoms with Crippen LogP contribution in [-0.2, 0) is 0 Å². The Labute approximate surface area is 137 Å². The minimum Gasteiger partial charge on any atom is -0.355 e. The van der Waals surface area contributed by atoms with Crippen LogP contribution in [0.25, 0.3) is 11.3 Å². The van der Waals surface area contributed by atoms with Crippen LogP contribution in [0, 0.1) is 11.3 Å². The van der Waals surface area contributed by atoms with Crippen LogP contribution >= 0.6 is 11.6 Å². The highest BCUT2D eigenvalue weighted by Crippen LogP contribution is 2.30. The van der Waals surface area contributed by atoms with Gasteiger partial charge in [0.05, 0.1) is 22.9 Å². The van der Waals surface area contributed by atoms with E-state index in [1.54, 1.807) is 48.5 Å². The Kier molecular flexibility index (Phi) is 4.09. The Morgan fingerprint density at radius 1 is 1.22 bits per heavy atom. The highest BCUT2D eigenvalue weighted by molar-refractivity contribution is 6.33. The van der Waals surface area contributed by atoms with Crippen molar-refractivity contribution < 1.29 is 9.32 Å². The number of hydrogen-bond acceptors (Lipinski definition) is 4. The molecular formula is C17H10ClN3O2. The smallest absolute Gasteiger partial charge is 0.261 e. The maximum Gasteiger partial charge on any atom is 0.261 e. The van der Waals surface area contributed by atoms with Crippen LogP contribution in [0.4, 0.5) is 5.69 Å². The predicted molar refractivity (Wildman–Crippen MR) is 86.1 cm³/mol. The summed E-state index contributed by atoms with van der Waals surface area (Å²) in [6.07, 6.45) is 1.34. The molecule has 3 aromatic rings. The molecule has 0 unspecified atom stereocenters. The lowest BCUT2D eigenvalue weighted by atomic mass is 10.1. The molecule has 0 radical (unpaired) electrons. The predicted octanol–water partition coefficient (Wildman–Crippen LogP) is 4.12. The number of carbonyl (C=O) groups is 1. The van der Waals surface area contributed by atoms with Crippen molar-refractivity contribution in [2.45, 2.75) is 0 Å². The molecule has 0 saturated heterocycles. The second kappa shape index (κ2) is 6.34. The van der Waals surface area contributed by atoms with E-state index in [-0.39, 0.29) is 5.56 Å². The van der Waals surface area contributed by atoms with Gasteiger partial charge in [0.25, 0.3) is 5.91 Å². The highest BCUT2D eigenvalue weighted by Gasteiger charge is 2.19. The average Bonchev–Trinajstić information content (AvgIpc) is 3.05. The quantitative estimate of drug-likeness (QED) is 0.786. The average molecular weight is 324 g/mol. The maximum atomic E-state index is 12.4. The van der Waals surface area contributed by atoms with Gasteiger partial charge < -0.3 is 9.84 Å². The minimum absolute atomic E-state index is 0.264. The SMILES string of the molecule is N#Cc1cccc(NC(=O)c2cnoc2-c2ccccc2Cl)c1. The first-order valence-electron chi connectivity index (χ1n) is 6.70. The van der Waals surface area contributed by atoms with Gasteiger partial charge >= 0.3 is 0 Å². The van der Waals surface area contributed by atoms with E-state index in [0.29, 0.717) is 27.6 Å². The van der Waals surface area contributed by atoms with Crippen LogP contribution in [0.3, 0.4) is 0 Å². The van der Waals surface area contributed by atoms with Gasteiger partial charge in [-0.15, -0.1) is 0 Å². The molecule has 0 aliphatic carbocycles. The van der Waals surface area contributed by atoms with Gasteiger partial charge in [-0.2, -0.15) is 5.26 Å². The second-order valence-corrected chi connectivity index (χ2v) is 5.10. The van der Waals surface area contributed by atoms with Crippen molar-refractivity contribution in [2.75, 3.05) is 5.32 Å². The van der Waals surface area contributed by atoms with Gasteiger partial charge in [-0.3, -0.25) is 4.79 Å². The first-order chi connectivity index (χ1) is 11.2. The van der Waals surface area contributed by atoms with Crippen molar-refractivity contribution >= 4 is 23.2 Å². The summed E-state index contributed by atoms with van der Waals surface area (Å²) in [5.41, 5.74) is 1.82. The first-order valence-corrected chi connectivity index (χ1v) is 7.08. The molecule has 0 saturated carbocycles. The van der Waals surface area contributed by atoms with Crippen molar-refractivity contribution in [3.8, 4) is 17.4 Å². The summed E-state index contributed by atoms with van der Waals surface area (Å²) in [6, 6.07) is 15.7. The Hall–Kier alpha value is -3.10. The molecule has 1 aromatic heterocycles. The van der Waals surface area contributed by atoms with Gasteiger partial charge in [-0.25, -0.2) is 0 Å². The van der Waals surface area contributed by atoms with E-state index >= 15 is 0 Å². The molecule has 0 aliphatic heterocycles. The van der Waals surface area contributed by atoms with Crippen LogP contribution in [0.2, 0.25) is 5.02 Å². The highest BCUT2D eigenvalue weighted by atomic mass is 35.5. The zero-order valence-electron chi connectivity index (χ0n) is 11.8. The molecule has 0 fully saturated rings. The number of anilines is 1. The summed E-state index contributed by atoms with van der Waals surface area (Å²) in [5.74, 6) is -0.0965. The third-order valence-electron chi connectivity index (χ3n) is 3.18. The summed E-state index contributed by atoms with van der Waals surface area (Å²) in [4.78, 5) is 12.4. The number of halogens is 1. The molecular weight excluding hydrogens is 314 g/mol. The molecule has 1 heterocycles. The molecule has 1 N–H and O–H groups in total. The molecule has 5 nitrogen and oxygen atoms in total. The third kappa shape index (κ3) is 3.07. The lowest BCUT2D eigenvalue weighted by Gasteiger charge is -2.06. The molecule has 2 aromatic carbocycles. The fraction of sp³-hybridized carbons (Fsp3) is 0. The minimum atomic E-state index is -0.392. The maximum absolute atomic E-state index is 12.4. The Morgan fingerprint density at radius 2 is 2.04 bits per heavy atom. The second-order valence-electron chi connectivity index (χ2n) is 4.70. The number of nitrogens with zero attached hydrogens (tertiary/aromatic N) is 2. The van der Waals surface area contributed by atoms with Crippen molar-refractivity contribution in [3.05, 3.63) is 70.9 Å². The molecule has 3 rings (SSSR count). The first kappa shape index (κ1) is 14.8. The van der Waals surface area contributed by atoms with E-state index in [0.717, 1.165) is 0 Å². The largest absolute Gasteiger partial charge is 0.355 e. The Morgan fingerprint density at radius 3 is 2.83 bits per heavy atom. The standard InChI is InChI=1S/C17H10ClN3O2/c18-15-7-2-1-6-13(15)16-14(10-20-23-16)17(22)21-12-5-3-4-11(8-12)9-19/h1-8,10H,(H,21,22). The number of benzene rings is 2. The van der Waals surface area contributed by atoms with Gasteiger partial charge in [0.1, 0.15) is 5.56 Å². The van der Waals surface area contributed by atoms with Gasteiger partial charge in [0.2, 0.25) is 0 Å². The number of rotatable bonds is 3. The fourth-order valence-corrected chi connectivity index (χ4v) is 2.33. The molecule has 1 amide bonds.